The van der Waals surface area contributed by atoms with E-state index in [1.807, 2.05) is 24.5 Å². The number of aromatic amines is 1. The number of thioether (sulfide) groups is 1. The summed E-state index contributed by atoms with van der Waals surface area (Å²) in [4.78, 5) is 45.9. The second-order valence-electron chi connectivity index (χ2n) is 6.50. The second kappa shape index (κ2) is 8.03. The summed E-state index contributed by atoms with van der Waals surface area (Å²) < 4.78 is 7.27. The van der Waals surface area contributed by atoms with Crippen molar-refractivity contribution in [1.29, 1.82) is 0 Å². The van der Waals surface area contributed by atoms with Crippen LogP contribution in [0.2, 0.25) is 0 Å². The van der Waals surface area contributed by atoms with Crippen LogP contribution >= 0.6 is 11.8 Å². The minimum absolute atomic E-state index is 0.0519. The number of nitrogens with one attached hydrogen (secondary N) is 1. The number of hydrogen-bond acceptors (Lipinski definition) is 6. The average molecular weight is 422 g/mol. The van der Waals surface area contributed by atoms with E-state index in [1.165, 1.54) is 18.0 Å². The third-order valence-corrected chi connectivity index (χ3v) is 5.46. The Hall–Kier alpha value is -3.59. The van der Waals surface area contributed by atoms with Crippen LogP contribution < -0.4 is 11.2 Å². The van der Waals surface area contributed by atoms with Crippen molar-refractivity contribution < 1.29 is 9.53 Å². The maximum absolute atomic E-state index is 13.3. The van der Waals surface area contributed by atoms with Gasteiger partial charge in [0.05, 0.1) is 31.2 Å². The summed E-state index contributed by atoms with van der Waals surface area (Å²) >= 11 is 1.56. The van der Waals surface area contributed by atoms with Gasteiger partial charge in [-0.1, -0.05) is 18.2 Å². The van der Waals surface area contributed by atoms with E-state index in [2.05, 4.69) is 9.97 Å². The van der Waals surface area contributed by atoms with E-state index in [1.54, 1.807) is 42.1 Å². The smallest absolute Gasteiger partial charge is 0.337 e. The van der Waals surface area contributed by atoms with Crippen molar-refractivity contribution in [2.24, 2.45) is 0 Å². The molecule has 0 saturated heterocycles. The highest BCUT2D eigenvalue weighted by Gasteiger charge is 2.17. The van der Waals surface area contributed by atoms with Gasteiger partial charge in [0, 0.05) is 4.90 Å². The first-order chi connectivity index (χ1) is 14.5. The fraction of sp³-hybridized carbons (Fsp3) is 0.143. The topological polar surface area (TPSA) is 99.0 Å². The molecule has 1 N–H and O–H groups in total. The molecule has 0 aliphatic carbocycles. The maximum atomic E-state index is 13.3. The molecule has 2 heterocycles. The lowest BCUT2D eigenvalue weighted by atomic mass is 10.1. The first kappa shape index (κ1) is 19.7. The van der Waals surface area contributed by atoms with Crippen LogP contribution in [0.5, 0.6) is 0 Å². The Balaban J connectivity index is 1.86. The minimum Gasteiger partial charge on any atom is -0.465 e. The highest BCUT2D eigenvalue weighted by atomic mass is 32.2. The zero-order valence-corrected chi connectivity index (χ0v) is 17.1. The molecule has 0 radical (unpaired) electrons. The quantitative estimate of drug-likeness (QED) is 0.392. The van der Waals surface area contributed by atoms with Crippen LogP contribution in [-0.4, -0.2) is 38.4 Å². The molecule has 9 heteroatoms. The molecular formula is C21H18N4O4S. The lowest BCUT2D eigenvalue weighted by molar-refractivity contribution is 0.0600. The Morgan fingerprint density at radius 2 is 1.93 bits per heavy atom. The van der Waals surface area contributed by atoms with Crippen LogP contribution in [0.1, 0.15) is 15.9 Å². The molecule has 4 rings (SSSR count). The molecule has 30 heavy (non-hydrogen) atoms. The number of nitrogens with zero attached hydrogens (tertiary/aromatic N) is 3. The predicted octanol–water partition coefficient (Wildman–Crippen LogP) is 2.43. The van der Waals surface area contributed by atoms with Crippen molar-refractivity contribution >= 4 is 28.9 Å². The van der Waals surface area contributed by atoms with E-state index in [-0.39, 0.29) is 17.7 Å². The molecule has 8 nitrogen and oxygen atoms in total. The van der Waals surface area contributed by atoms with Crippen LogP contribution in [0.15, 0.2) is 69.3 Å². The molecular weight excluding hydrogens is 404 g/mol. The molecule has 0 fully saturated rings. The van der Waals surface area contributed by atoms with Crippen molar-refractivity contribution in [3.63, 3.8) is 0 Å². The Kier molecular flexibility index (Phi) is 5.28. The molecule has 0 atom stereocenters. The monoisotopic (exact) mass is 422 g/mol. The van der Waals surface area contributed by atoms with Crippen LogP contribution in [0, 0.1) is 0 Å². The molecule has 2 aromatic heterocycles. The van der Waals surface area contributed by atoms with Gasteiger partial charge in [-0.15, -0.1) is 11.8 Å². The number of rotatable bonds is 5. The SMILES string of the molecule is COC(=O)c1ccc(Cn2c(=O)c3[nH]cnc3n(-c3cccc(SC)c3)c2=O)cc1. The van der Waals surface area contributed by atoms with E-state index in [9.17, 15) is 14.4 Å². The summed E-state index contributed by atoms with van der Waals surface area (Å²) in [6, 6.07) is 14.0. The van der Waals surface area contributed by atoms with Gasteiger partial charge < -0.3 is 9.72 Å². The predicted molar refractivity (Wildman–Crippen MR) is 115 cm³/mol. The Labute approximate surface area is 175 Å². The molecule has 0 aliphatic rings. The molecule has 4 aromatic rings. The third kappa shape index (κ3) is 3.43. The van der Waals surface area contributed by atoms with Crippen molar-refractivity contribution in [1.82, 2.24) is 19.1 Å². The van der Waals surface area contributed by atoms with Crippen molar-refractivity contribution in [2.75, 3.05) is 13.4 Å². The molecule has 152 valence electrons. The number of hydrogen-bond donors (Lipinski definition) is 1. The minimum atomic E-state index is -0.491. The van der Waals surface area contributed by atoms with Crippen LogP contribution in [0.4, 0.5) is 0 Å². The molecule has 0 spiro atoms. The Morgan fingerprint density at radius 3 is 2.63 bits per heavy atom. The van der Waals surface area contributed by atoms with Crippen molar-refractivity contribution in [3.05, 3.63) is 86.8 Å². The molecule has 0 unspecified atom stereocenters. The summed E-state index contributed by atoms with van der Waals surface area (Å²) in [6.07, 6.45) is 3.35. The lowest BCUT2D eigenvalue weighted by Crippen LogP contribution is -2.39. The summed E-state index contributed by atoms with van der Waals surface area (Å²) in [6.45, 7) is 0.0519. The number of methoxy groups -OCH3 is 1. The number of imidazole rings is 1. The highest BCUT2D eigenvalue weighted by molar-refractivity contribution is 7.98. The van der Waals surface area contributed by atoms with E-state index < -0.39 is 17.2 Å². The standard InChI is InChI=1S/C21H18N4O4S/c1-29-20(27)14-8-6-13(7-9-14)11-24-19(26)17-18(23-12-22-17)25(21(24)28)15-4-3-5-16(10-15)30-2/h3-10,12H,11H2,1-2H3,(H,22,23). The van der Waals surface area contributed by atoms with E-state index in [0.717, 1.165) is 9.46 Å². The number of H-pyrrole nitrogens is 1. The molecule has 0 saturated carbocycles. The molecule has 0 amide bonds. The Bertz CT molecular complexity index is 1350. The van der Waals surface area contributed by atoms with E-state index in [4.69, 9.17) is 4.74 Å². The van der Waals surface area contributed by atoms with Crippen molar-refractivity contribution in [2.45, 2.75) is 11.4 Å². The van der Waals surface area contributed by atoms with Gasteiger partial charge in [-0.25, -0.2) is 19.1 Å². The van der Waals surface area contributed by atoms with Crippen molar-refractivity contribution in [3.8, 4) is 5.69 Å². The summed E-state index contributed by atoms with van der Waals surface area (Å²) in [5.74, 6) is -0.450. The van der Waals surface area contributed by atoms with Gasteiger partial charge >= 0.3 is 11.7 Å². The average Bonchev–Trinajstić information content (AvgIpc) is 3.26. The normalized spacial score (nSPS) is 11.0. The Morgan fingerprint density at radius 1 is 1.17 bits per heavy atom. The van der Waals surface area contributed by atoms with Gasteiger partial charge in [0.2, 0.25) is 0 Å². The summed E-state index contributed by atoms with van der Waals surface area (Å²) in [7, 11) is 1.31. The zero-order valence-electron chi connectivity index (χ0n) is 16.3. The van der Waals surface area contributed by atoms with Crippen LogP contribution in [0.25, 0.3) is 16.9 Å². The lowest BCUT2D eigenvalue weighted by Gasteiger charge is -2.12. The second-order valence-corrected chi connectivity index (χ2v) is 7.38. The fourth-order valence-corrected chi connectivity index (χ4v) is 3.67. The van der Waals surface area contributed by atoms with Gasteiger partial charge in [-0.05, 0) is 42.2 Å². The highest BCUT2D eigenvalue weighted by Crippen LogP contribution is 2.19. The number of benzene rings is 2. The van der Waals surface area contributed by atoms with Crippen LogP contribution in [0.3, 0.4) is 0 Å². The summed E-state index contributed by atoms with van der Waals surface area (Å²) in [5, 5.41) is 0. The number of esters is 1. The van der Waals surface area contributed by atoms with Crippen LogP contribution in [-0.2, 0) is 11.3 Å². The largest absolute Gasteiger partial charge is 0.465 e. The number of aromatic nitrogens is 4. The zero-order chi connectivity index (χ0) is 21.3. The first-order valence-electron chi connectivity index (χ1n) is 9.04. The van der Waals surface area contributed by atoms with Gasteiger partial charge in [-0.2, -0.15) is 0 Å². The third-order valence-electron chi connectivity index (χ3n) is 4.74. The van der Waals surface area contributed by atoms with Gasteiger partial charge in [-0.3, -0.25) is 9.36 Å². The number of fused-ring (bicyclic) bond motifs is 1. The first-order valence-corrected chi connectivity index (χ1v) is 10.3. The fourth-order valence-electron chi connectivity index (χ4n) is 3.22. The van der Waals surface area contributed by atoms with Gasteiger partial charge in [0.1, 0.15) is 5.52 Å². The number of carbonyl (C=O) groups excluding carboxylic acids is 1. The van der Waals surface area contributed by atoms with Gasteiger partial charge in [0.15, 0.2) is 5.65 Å². The summed E-state index contributed by atoms with van der Waals surface area (Å²) in [5.41, 5.74) is 1.29. The molecule has 0 bridgehead atoms. The molecule has 2 aromatic carbocycles. The molecule has 0 aliphatic heterocycles. The number of carbonyl (C=O) groups is 1. The van der Waals surface area contributed by atoms with Gasteiger partial charge in [0.25, 0.3) is 5.56 Å². The maximum Gasteiger partial charge on any atom is 0.337 e. The van der Waals surface area contributed by atoms with E-state index in [0.29, 0.717) is 16.8 Å². The van der Waals surface area contributed by atoms with E-state index >= 15 is 0 Å². The number of ether oxygens (including phenoxy) is 1.